The number of hydrogen-bond acceptors (Lipinski definition) is 16. The third kappa shape index (κ3) is 22.6. The Balaban J connectivity index is 0.000000361. The number of nitro groups is 1. The number of allylic oxidation sites excluding steroid dienone is 2. The second-order valence-electron chi connectivity index (χ2n) is 14.2. The highest BCUT2D eigenvalue weighted by molar-refractivity contribution is 7.54. The maximum Gasteiger partial charge on any atom is 0.334 e. The number of nitro benzene ring substituents is 1. The van der Waals surface area contributed by atoms with Crippen molar-refractivity contribution in [2.75, 3.05) is 75.4 Å². The molecule has 5 aromatic rings. The van der Waals surface area contributed by atoms with Gasteiger partial charge in [-0.25, -0.2) is 4.79 Å². The first-order chi connectivity index (χ1) is 34.9. The van der Waals surface area contributed by atoms with Crippen LogP contribution in [0.3, 0.4) is 0 Å². The van der Waals surface area contributed by atoms with Gasteiger partial charge >= 0.3 is 21.2 Å². The predicted molar refractivity (Wildman–Crippen MR) is 285 cm³/mol. The maximum absolute atomic E-state index is 12.6. The average molecular weight is 1110 g/mol. The molecule has 3 amide bonds. The molecule has 0 atom stereocenters. The lowest BCUT2D eigenvalue weighted by atomic mass is 10.3. The zero-order valence-electron chi connectivity index (χ0n) is 40.5. The first-order valence-electron chi connectivity index (χ1n) is 22.2. The molecule has 20 nitrogen and oxygen atoms in total. The third-order valence-corrected chi connectivity index (χ3v) is 13.7. The van der Waals surface area contributed by atoms with Gasteiger partial charge in [0.15, 0.2) is 0 Å². The number of carbonyl (C=O) groups is 2. The standard InChI is InChI=1S/C28H32ClN4O7P.C14H21ClNO4P.C6H4ClNO3/c1-4-38-41(36,39-5-2)17-7-6-16-37-26-18-21(10-13-24(26)29)33-28(35)32-20-8-11-22(12-9-20)40-23-14-15-31-25(19-23)27(34)30-3;1-3-19-21(17,20-4-2)10-6-5-9-18-14-11-12(16)7-8-13(14)15;7-5-2-1-4(8(10)11)3-6(5)9/h6-15,18-19H,4-5,16-17H2,1-3H3,(H,30,34)(H2,32,33,35);5-8,11H,3-4,9-10,16H2,1-2H3;1-3,9H/b7-6+;6-5+;. The summed E-state index contributed by atoms with van der Waals surface area (Å²) in [7, 11) is -4.68. The van der Waals surface area contributed by atoms with E-state index in [1.165, 1.54) is 31.4 Å². The van der Waals surface area contributed by atoms with Crippen LogP contribution in [0.5, 0.6) is 28.7 Å². The molecule has 0 spiro atoms. The minimum atomic E-state index is -3.16. The SMILES string of the molecule is CCOP(=O)(C/C=C/COc1cc(N)ccc1Cl)OCC.CCOP(=O)(C/C=C/COc1cc(NC(=O)Nc2ccc(Oc3ccnc(C(=O)NC)c3)cc2)ccc1Cl)OCC.O=[N+]([O-])c1ccc(Cl)c(O)c1. The van der Waals surface area contributed by atoms with Crippen LogP contribution in [0.25, 0.3) is 0 Å². The number of nitrogen functional groups attached to an aromatic ring is 1. The van der Waals surface area contributed by atoms with E-state index in [1.807, 2.05) is 0 Å². The molecule has 0 unspecified atom stereocenters. The zero-order valence-corrected chi connectivity index (χ0v) is 44.5. The van der Waals surface area contributed by atoms with Gasteiger partial charge in [-0.15, -0.1) is 0 Å². The highest BCUT2D eigenvalue weighted by Crippen LogP contribution is 2.48. The van der Waals surface area contributed by atoms with Gasteiger partial charge < -0.3 is 59.1 Å². The van der Waals surface area contributed by atoms with Crippen molar-refractivity contribution in [3.63, 3.8) is 0 Å². The van der Waals surface area contributed by atoms with Crippen molar-refractivity contribution in [1.82, 2.24) is 10.3 Å². The van der Waals surface area contributed by atoms with E-state index in [-0.39, 0.29) is 47.0 Å². The molecular weight excluding hydrogens is 1050 g/mol. The largest absolute Gasteiger partial charge is 0.506 e. The number of anilines is 3. The second-order valence-corrected chi connectivity index (χ2v) is 19.6. The second kappa shape index (κ2) is 32.1. The monoisotopic (exact) mass is 1110 g/mol. The number of phenols is 1. The Morgan fingerprint density at radius 2 is 1.19 bits per heavy atom. The zero-order chi connectivity index (χ0) is 53.8. The fraction of sp³-hybridized carbons (Fsp3) is 0.271. The van der Waals surface area contributed by atoms with Gasteiger partial charge in [-0.1, -0.05) is 59.1 Å². The van der Waals surface area contributed by atoms with Gasteiger partial charge in [0.2, 0.25) is 0 Å². The summed E-state index contributed by atoms with van der Waals surface area (Å²) in [5, 5.41) is 28.0. The summed E-state index contributed by atoms with van der Waals surface area (Å²) in [5.74, 6) is 1.24. The molecule has 0 fully saturated rings. The normalized spacial score (nSPS) is 11.2. The van der Waals surface area contributed by atoms with Crippen LogP contribution in [0.4, 0.5) is 27.5 Å². The fourth-order valence-electron chi connectivity index (χ4n) is 5.59. The van der Waals surface area contributed by atoms with Gasteiger partial charge in [0.05, 0.1) is 64.8 Å². The van der Waals surface area contributed by atoms with E-state index < -0.39 is 26.1 Å². The number of benzene rings is 4. The summed E-state index contributed by atoms with van der Waals surface area (Å²) in [6, 6.07) is 22.8. The van der Waals surface area contributed by atoms with Crippen LogP contribution >= 0.6 is 50.0 Å². The highest BCUT2D eigenvalue weighted by atomic mass is 35.5. The van der Waals surface area contributed by atoms with Crippen LogP contribution < -0.4 is 35.9 Å². The number of halogens is 3. The number of pyridine rings is 1. The number of carbonyl (C=O) groups excluding carboxylic acids is 2. The van der Waals surface area contributed by atoms with E-state index in [9.17, 15) is 28.8 Å². The summed E-state index contributed by atoms with van der Waals surface area (Å²) < 4.78 is 62.5. The van der Waals surface area contributed by atoms with Crippen molar-refractivity contribution >= 4 is 84.7 Å². The van der Waals surface area contributed by atoms with Gasteiger partial charge in [-0.05, 0) is 88.4 Å². The van der Waals surface area contributed by atoms with Crippen LogP contribution in [-0.4, -0.2) is 86.0 Å². The first-order valence-corrected chi connectivity index (χ1v) is 26.8. The van der Waals surface area contributed by atoms with E-state index in [4.69, 9.17) is 77.9 Å². The van der Waals surface area contributed by atoms with Crippen molar-refractivity contribution in [3.05, 3.63) is 152 Å². The summed E-state index contributed by atoms with van der Waals surface area (Å²) >= 11 is 17.6. The minimum absolute atomic E-state index is 0.107. The third-order valence-electron chi connectivity index (χ3n) is 8.79. The van der Waals surface area contributed by atoms with E-state index in [0.717, 1.165) is 6.07 Å². The number of nitrogens with two attached hydrogens (primary N) is 1. The molecule has 25 heteroatoms. The molecule has 0 aliphatic carbocycles. The predicted octanol–water partition coefficient (Wildman–Crippen LogP) is 12.8. The van der Waals surface area contributed by atoms with Gasteiger partial charge in [0.25, 0.3) is 11.6 Å². The summed E-state index contributed by atoms with van der Waals surface area (Å²) in [5.41, 5.74) is 7.29. The Hall–Kier alpha value is -6.18. The van der Waals surface area contributed by atoms with Crippen LogP contribution in [0.1, 0.15) is 38.2 Å². The molecule has 4 aromatic carbocycles. The summed E-state index contributed by atoms with van der Waals surface area (Å²) in [6.07, 6.45) is 8.64. The molecule has 394 valence electrons. The van der Waals surface area contributed by atoms with Crippen molar-refractivity contribution in [3.8, 4) is 28.7 Å². The number of ether oxygens (including phenoxy) is 3. The molecule has 0 bridgehead atoms. The Morgan fingerprint density at radius 3 is 1.71 bits per heavy atom. The lowest BCUT2D eigenvalue weighted by Crippen LogP contribution is -2.19. The number of urea groups is 1. The minimum Gasteiger partial charge on any atom is -0.506 e. The molecule has 0 aliphatic rings. The molecule has 1 aromatic heterocycles. The molecule has 0 aliphatic heterocycles. The number of nitrogens with zero attached hydrogens (tertiary/aromatic N) is 2. The van der Waals surface area contributed by atoms with Gasteiger partial charge in [0.1, 0.15) is 47.7 Å². The number of nitrogens with one attached hydrogen (secondary N) is 3. The van der Waals surface area contributed by atoms with Gasteiger partial charge in [-0.2, -0.15) is 0 Å². The van der Waals surface area contributed by atoms with Crippen molar-refractivity contribution < 1.29 is 61.1 Å². The maximum atomic E-state index is 12.6. The number of aromatic hydroxyl groups is 1. The fourth-order valence-corrected chi connectivity index (χ4v) is 9.01. The van der Waals surface area contributed by atoms with Crippen molar-refractivity contribution in [2.45, 2.75) is 27.7 Å². The van der Waals surface area contributed by atoms with Crippen molar-refractivity contribution in [1.29, 1.82) is 0 Å². The lowest BCUT2D eigenvalue weighted by molar-refractivity contribution is -0.384. The van der Waals surface area contributed by atoms with Crippen LogP contribution in [0, 0.1) is 10.1 Å². The summed E-state index contributed by atoms with van der Waals surface area (Å²) in [6.45, 7) is 8.80. The Kier molecular flexibility index (Phi) is 26.9. The van der Waals surface area contributed by atoms with Crippen molar-refractivity contribution in [2.24, 2.45) is 0 Å². The lowest BCUT2D eigenvalue weighted by Gasteiger charge is -2.14. The van der Waals surface area contributed by atoms with Gasteiger partial charge in [-0.3, -0.25) is 29.0 Å². The first kappa shape index (κ1) is 61.1. The average Bonchev–Trinajstić information content (AvgIpc) is 3.35. The summed E-state index contributed by atoms with van der Waals surface area (Å²) in [4.78, 5) is 37.8. The molecule has 73 heavy (non-hydrogen) atoms. The number of phenolic OH excluding ortho intramolecular Hbond substituents is 1. The number of non-ortho nitro benzene ring substituents is 1. The van der Waals surface area contributed by atoms with Crippen LogP contribution in [0.15, 0.2) is 121 Å². The topological polar surface area (TPSA) is 271 Å². The number of aromatic nitrogens is 1. The van der Waals surface area contributed by atoms with Gasteiger partial charge in [0, 0.05) is 54.6 Å². The van der Waals surface area contributed by atoms with E-state index in [1.54, 1.807) is 119 Å². The Morgan fingerprint density at radius 1 is 0.685 bits per heavy atom. The van der Waals surface area contributed by atoms with E-state index in [0.29, 0.717) is 83.1 Å². The molecule has 1 heterocycles. The number of rotatable bonds is 24. The smallest absolute Gasteiger partial charge is 0.334 e. The molecule has 0 saturated heterocycles. The quantitative estimate of drug-likeness (QED) is 0.0126. The van der Waals surface area contributed by atoms with E-state index >= 15 is 0 Å². The molecular formula is C48H57Cl3N6O14P2. The van der Waals surface area contributed by atoms with E-state index in [2.05, 4.69) is 20.9 Å². The number of amides is 3. The number of hydrogen-bond donors (Lipinski definition) is 5. The molecule has 6 N–H and O–H groups in total. The Bertz CT molecular complexity index is 2720. The molecule has 0 radical (unpaired) electrons. The highest BCUT2D eigenvalue weighted by Gasteiger charge is 2.22. The Labute approximate surface area is 438 Å². The van der Waals surface area contributed by atoms with Crippen LogP contribution in [-0.2, 0) is 27.2 Å². The molecule has 5 rings (SSSR count). The van der Waals surface area contributed by atoms with Crippen LogP contribution in [0.2, 0.25) is 15.1 Å². The molecule has 0 saturated carbocycles.